The van der Waals surface area contributed by atoms with Crippen molar-refractivity contribution >= 4 is 35.8 Å². The third-order valence-electron chi connectivity index (χ3n) is 3.96. The fraction of sp³-hybridized carbons (Fsp3) is 0.529. The number of rotatable bonds is 5. The molecule has 0 aromatic heterocycles. The summed E-state index contributed by atoms with van der Waals surface area (Å²) in [4.78, 5) is 27.9. The summed E-state index contributed by atoms with van der Waals surface area (Å²) < 4.78 is 0. The van der Waals surface area contributed by atoms with Crippen molar-refractivity contribution in [2.75, 3.05) is 19.6 Å². The maximum absolute atomic E-state index is 12.3. The lowest BCUT2D eigenvalue weighted by molar-refractivity contribution is -0.146. The first kappa shape index (κ1) is 20.7. The number of halogens is 2. The average molecular weight is 374 g/mol. The zero-order valence-corrected chi connectivity index (χ0v) is 15.6. The van der Waals surface area contributed by atoms with E-state index in [1.54, 1.807) is 9.80 Å². The van der Waals surface area contributed by atoms with Crippen molar-refractivity contribution in [3.05, 3.63) is 34.9 Å². The smallest absolute Gasteiger partial charge is 0.242 e. The Kier molecular flexibility index (Phi) is 8.00. The molecular weight excluding hydrogens is 349 g/mol. The van der Waals surface area contributed by atoms with Crippen LogP contribution in [0.2, 0.25) is 5.02 Å². The second-order valence-corrected chi connectivity index (χ2v) is 6.87. The van der Waals surface area contributed by atoms with E-state index in [2.05, 4.69) is 0 Å². The Bertz CT molecular complexity index is 563. The SMILES string of the molecule is CC(C)C[C@H](N)C(=O)N1CCN(Cc2ccc(Cl)cc2)C(=O)C1.Cl. The summed E-state index contributed by atoms with van der Waals surface area (Å²) in [6, 6.07) is 6.92. The topological polar surface area (TPSA) is 66.6 Å². The molecule has 0 bridgehead atoms. The van der Waals surface area contributed by atoms with Gasteiger partial charge in [-0.15, -0.1) is 12.4 Å². The molecule has 1 aromatic carbocycles. The van der Waals surface area contributed by atoms with Crippen molar-refractivity contribution in [2.45, 2.75) is 32.9 Å². The number of benzene rings is 1. The van der Waals surface area contributed by atoms with Crippen LogP contribution in [0.4, 0.5) is 0 Å². The Morgan fingerprint density at radius 1 is 1.25 bits per heavy atom. The second-order valence-electron chi connectivity index (χ2n) is 6.44. The van der Waals surface area contributed by atoms with Crippen LogP contribution in [0, 0.1) is 5.92 Å². The van der Waals surface area contributed by atoms with Crippen LogP contribution in [0.15, 0.2) is 24.3 Å². The van der Waals surface area contributed by atoms with E-state index >= 15 is 0 Å². The van der Waals surface area contributed by atoms with Crippen molar-refractivity contribution in [3.63, 3.8) is 0 Å². The molecule has 2 rings (SSSR count). The van der Waals surface area contributed by atoms with Crippen LogP contribution in [-0.4, -0.2) is 47.3 Å². The van der Waals surface area contributed by atoms with Crippen LogP contribution in [0.25, 0.3) is 0 Å². The summed E-state index contributed by atoms with van der Waals surface area (Å²) in [7, 11) is 0. The van der Waals surface area contributed by atoms with Crippen LogP contribution >= 0.6 is 24.0 Å². The van der Waals surface area contributed by atoms with E-state index in [1.807, 2.05) is 38.1 Å². The molecule has 134 valence electrons. The van der Waals surface area contributed by atoms with Gasteiger partial charge in [0.25, 0.3) is 0 Å². The first-order valence-corrected chi connectivity index (χ1v) is 8.31. The Labute approximate surface area is 154 Å². The quantitative estimate of drug-likeness (QED) is 0.860. The number of amides is 2. The van der Waals surface area contributed by atoms with E-state index in [9.17, 15) is 9.59 Å². The number of carbonyl (C=O) groups excluding carboxylic acids is 2. The zero-order valence-electron chi connectivity index (χ0n) is 14.1. The molecule has 0 radical (unpaired) electrons. The maximum atomic E-state index is 12.3. The van der Waals surface area contributed by atoms with E-state index in [0.29, 0.717) is 37.0 Å². The standard InChI is InChI=1S/C17H24ClN3O2.ClH/c1-12(2)9-15(19)17(23)21-8-7-20(16(22)11-21)10-13-3-5-14(18)6-4-13;/h3-6,12,15H,7-11,19H2,1-2H3;1H/t15-;/m0./s1. The molecule has 1 aliphatic rings. The number of nitrogens with two attached hydrogens (primary N) is 1. The Balaban J connectivity index is 0.00000288. The van der Waals surface area contributed by atoms with E-state index in [1.165, 1.54) is 0 Å². The number of nitrogens with zero attached hydrogens (tertiary/aromatic N) is 2. The second kappa shape index (κ2) is 9.25. The summed E-state index contributed by atoms with van der Waals surface area (Å²) >= 11 is 5.87. The molecule has 0 saturated carbocycles. The van der Waals surface area contributed by atoms with E-state index in [-0.39, 0.29) is 30.8 Å². The molecule has 0 aliphatic carbocycles. The molecule has 7 heteroatoms. The highest BCUT2D eigenvalue weighted by molar-refractivity contribution is 6.30. The lowest BCUT2D eigenvalue weighted by Gasteiger charge is -2.35. The Morgan fingerprint density at radius 3 is 2.42 bits per heavy atom. The van der Waals surface area contributed by atoms with Gasteiger partial charge in [0, 0.05) is 24.7 Å². The van der Waals surface area contributed by atoms with Gasteiger partial charge in [0.05, 0.1) is 12.6 Å². The predicted octanol–water partition coefficient (Wildman–Crippen LogP) is 2.31. The lowest BCUT2D eigenvalue weighted by Crippen LogP contribution is -2.55. The minimum absolute atomic E-state index is 0. The summed E-state index contributed by atoms with van der Waals surface area (Å²) in [5.41, 5.74) is 6.97. The van der Waals surface area contributed by atoms with Gasteiger partial charge < -0.3 is 15.5 Å². The molecule has 2 amide bonds. The highest BCUT2D eigenvalue weighted by Crippen LogP contribution is 2.14. The van der Waals surface area contributed by atoms with Gasteiger partial charge in [-0.2, -0.15) is 0 Å². The number of hydrogen-bond acceptors (Lipinski definition) is 3. The maximum Gasteiger partial charge on any atom is 0.242 e. The molecule has 0 unspecified atom stereocenters. The molecule has 1 fully saturated rings. The van der Waals surface area contributed by atoms with Crippen molar-refractivity contribution in [3.8, 4) is 0 Å². The molecule has 24 heavy (non-hydrogen) atoms. The minimum atomic E-state index is -0.523. The Hall–Kier alpha value is -1.30. The van der Waals surface area contributed by atoms with Crippen LogP contribution < -0.4 is 5.73 Å². The number of carbonyl (C=O) groups is 2. The normalized spacial score (nSPS) is 16.1. The highest BCUT2D eigenvalue weighted by Gasteiger charge is 2.29. The van der Waals surface area contributed by atoms with Crippen molar-refractivity contribution in [2.24, 2.45) is 11.7 Å². The first-order valence-electron chi connectivity index (χ1n) is 7.93. The van der Waals surface area contributed by atoms with Gasteiger partial charge in [-0.3, -0.25) is 9.59 Å². The highest BCUT2D eigenvalue weighted by atomic mass is 35.5. The summed E-state index contributed by atoms with van der Waals surface area (Å²) in [6.45, 7) is 5.77. The van der Waals surface area contributed by atoms with Gasteiger partial charge in [-0.1, -0.05) is 37.6 Å². The van der Waals surface area contributed by atoms with Crippen molar-refractivity contribution in [1.29, 1.82) is 0 Å². The summed E-state index contributed by atoms with van der Waals surface area (Å²) in [6.07, 6.45) is 0.637. The molecule has 1 heterocycles. The van der Waals surface area contributed by atoms with Crippen LogP contribution in [0.3, 0.4) is 0 Å². The van der Waals surface area contributed by atoms with Crippen molar-refractivity contribution in [1.82, 2.24) is 9.80 Å². The monoisotopic (exact) mass is 373 g/mol. The molecule has 0 spiro atoms. The van der Waals surface area contributed by atoms with Gasteiger partial charge in [0.2, 0.25) is 11.8 Å². The van der Waals surface area contributed by atoms with Gasteiger partial charge in [-0.05, 0) is 30.0 Å². The van der Waals surface area contributed by atoms with Gasteiger partial charge >= 0.3 is 0 Å². The van der Waals surface area contributed by atoms with Gasteiger partial charge in [0.1, 0.15) is 0 Å². The zero-order chi connectivity index (χ0) is 17.0. The first-order chi connectivity index (χ1) is 10.9. The molecule has 1 aliphatic heterocycles. The van der Waals surface area contributed by atoms with E-state index in [4.69, 9.17) is 17.3 Å². The molecule has 2 N–H and O–H groups in total. The molecule has 1 atom stereocenters. The van der Waals surface area contributed by atoms with E-state index in [0.717, 1.165) is 5.56 Å². The van der Waals surface area contributed by atoms with Gasteiger partial charge in [0.15, 0.2) is 0 Å². The molecule has 1 saturated heterocycles. The minimum Gasteiger partial charge on any atom is -0.335 e. The third kappa shape index (κ3) is 5.65. The number of piperazine rings is 1. The van der Waals surface area contributed by atoms with Gasteiger partial charge in [-0.25, -0.2) is 0 Å². The lowest BCUT2D eigenvalue weighted by atomic mass is 10.0. The third-order valence-corrected chi connectivity index (χ3v) is 4.21. The summed E-state index contributed by atoms with van der Waals surface area (Å²) in [5, 5.41) is 0.676. The predicted molar refractivity (Wildman–Crippen MR) is 98.1 cm³/mol. The molecule has 5 nitrogen and oxygen atoms in total. The molecule has 1 aromatic rings. The molecular formula is C17H25Cl2N3O2. The van der Waals surface area contributed by atoms with Crippen LogP contribution in [-0.2, 0) is 16.1 Å². The fourth-order valence-corrected chi connectivity index (χ4v) is 2.84. The van der Waals surface area contributed by atoms with Crippen LogP contribution in [0.5, 0.6) is 0 Å². The van der Waals surface area contributed by atoms with E-state index < -0.39 is 6.04 Å². The number of hydrogen-bond donors (Lipinski definition) is 1. The Morgan fingerprint density at radius 2 is 1.88 bits per heavy atom. The fourth-order valence-electron chi connectivity index (χ4n) is 2.72. The average Bonchev–Trinajstić information content (AvgIpc) is 2.50. The van der Waals surface area contributed by atoms with Crippen molar-refractivity contribution < 1.29 is 9.59 Å². The summed E-state index contributed by atoms with van der Waals surface area (Å²) in [5.74, 6) is 0.185. The van der Waals surface area contributed by atoms with Crippen LogP contribution in [0.1, 0.15) is 25.8 Å². The largest absolute Gasteiger partial charge is 0.335 e.